The molecular formula is C26H34ClN3O2. The van der Waals surface area contributed by atoms with E-state index in [4.69, 9.17) is 11.6 Å². The van der Waals surface area contributed by atoms with Gasteiger partial charge in [0.1, 0.15) is 0 Å². The number of hydrogen-bond acceptors (Lipinski definition) is 3. The van der Waals surface area contributed by atoms with Crippen LogP contribution in [-0.4, -0.2) is 55.3 Å². The first kappa shape index (κ1) is 24.3. The molecule has 5 nitrogen and oxygen atoms in total. The first-order valence-corrected chi connectivity index (χ1v) is 11.8. The molecule has 0 saturated heterocycles. The average molecular weight is 456 g/mol. The average Bonchev–Trinajstić information content (AvgIpc) is 2.81. The van der Waals surface area contributed by atoms with Gasteiger partial charge in [0.15, 0.2) is 0 Å². The van der Waals surface area contributed by atoms with E-state index < -0.39 is 0 Å². The van der Waals surface area contributed by atoms with Gasteiger partial charge in [-0.1, -0.05) is 35.9 Å². The summed E-state index contributed by atoms with van der Waals surface area (Å²) in [7, 11) is 5.48. The van der Waals surface area contributed by atoms with Gasteiger partial charge in [-0.15, -0.1) is 0 Å². The zero-order valence-electron chi connectivity index (χ0n) is 19.3. The van der Waals surface area contributed by atoms with Gasteiger partial charge in [-0.3, -0.25) is 9.59 Å². The lowest BCUT2D eigenvalue weighted by Crippen LogP contribution is -2.39. The fraction of sp³-hybridized carbons (Fsp3) is 0.462. The summed E-state index contributed by atoms with van der Waals surface area (Å²) in [5.41, 5.74) is 3.30. The third-order valence-corrected chi connectivity index (χ3v) is 6.70. The van der Waals surface area contributed by atoms with Crippen molar-refractivity contribution in [1.29, 1.82) is 0 Å². The quantitative estimate of drug-likeness (QED) is 0.586. The van der Waals surface area contributed by atoms with Crippen LogP contribution in [-0.2, 0) is 11.3 Å². The highest BCUT2D eigenvalue weighted by Gasteiger charge is 2.27. The number of nitrogens with zero attached hydrogens (tertiary/aromatic N) is 2. The van der Waals surface area contributed by atoms with Crippen LogP contribution in [0.5, 0.6) is 0 Å². The van der Waals surface area contributed by atoms with Gasteiger partial charge in [0.25, 0.3) is 5.91 Å². The highest BCUT2D eigenvalue weighted by Crippen LogP contribution is 2.35. The largest absolute Gasteiger partial charge is 0.349 e. The number of amides is 2. The molecule has 2 aromatic carbocycles. The number of hydrogen-bond donors (Lipinski definition) is 1. The molecule has 2 amide bonds. The number of carbonyl (C=O) groups is 2. The van der Waals surface area contributed by atoms with Crippen molar-refractivity contribution in [2.45, 2.75) is 50.6 Å². The summed E-state index contributed by atoms with van der Waals surface area (Å²) in [4.78, 5) is 27.9. The molecule has 0 radical (unpaired) electrons. The Labute approximate surface area is 196 Å². The van der Waals surface area contributed by atoms with Crippen LogP contribution in [0.15, 0.2) is 48.5 Å². The summed E-state index contributed by atoms with van der Waals surface area (Å²) in [5, 5.41) is 3.98. The van der Waals surface area contributed by atoms with E-state index in [0.29, 0.717) is 29.5 Å². The molecule has 32 heavy (non-hydrogen) atoms. The zero-order valence-corrected chi connectivity index (χ0v) is 20.1. The summed E-state index contributed by atoms with van der Waals surface area (Å²) in [6, 6.07) is 16.2. The molecule has 1 saturated carbocycles. The molecule has 1 N–H and O–H groups in total. The highest BCUT2D eigenvalue weighted by molar-refractivity contribution is 6.30. The minimum atomic E-state index is 0.0641. The molecule has 0 atom stereocenters. The number of rotatable bonds is 8. The van der Waals surface area contributed by atoms with Gasteiger partial charge in [-0.25, -0.2) is 0 Å². The van der Waals surface area contributed by atoms with E-state index in [0.717, 1.165) is 32.2 Å². The van der Waals surface area contributed by atoms with Crippen LogP contribution < -0.4 is 5.32 Å². The molecule has 0 bridgehead atoms. The Morgan fingerprint density at radius 3 is 2.16 bits per heavy atom. The summed E-state index contributed by atoms with van der Waals surface area (Å²) < 4.78 is 0. The fourth-order valence-corrected chi connectivity index (χ4v) is 4.44. The van der Waals surface area contributed by atoms with Gasteiger partial charge < -0.3 is 15.1 Å². The molecule has 1 aliphatic carbocycles. The van der Waals surface area contributed by atoms with Crippen molar-refractivity contribution in [3.63, 3.8) is 0 Å². The summed E-state index contributed by atoms with van der Waals surface area (Å²) in [6.07, 6.45) is 4.73. The second-order valence-electron chi connectivity index (χ2n) is 8.88. The van der Waals surface area contributed by atoms with Crippen LogP contribution in [0.4, 0.5) is 0 Å². The number of carbonyl (C=O) groups excluding carboxylic acids is 2. The summed E-state index contributed by atoms with van der Waals surface area (Å²) >= 11 is 5.94. The Hall–Kier alpha value is -2.37. The third kappa shape index (κ3) is 6.57. The fourth-order valence-electron chi connectivity index (χ4n) is 4.32. The van der Waals surface area contributed by atoms with Crippen LogP contribution in [0.1, 0.15) is 59.5 Å². The first-order chi connectivity index (χ1) is 15.3. The second kappa shape index (κ2) is 11.5. The lowest BCUT2D eigenvalue weighted by Gasteiger charge is -2.35. The minimum absolute atomic E-state index is 0.0641. The summed E-state index contributed by atoms with van der Waals surface area (Å²) in [6.45, 7) is 1.45. The van der Waals surface area contributed by atoms with Crippen molar-refractivity contribution < 1.29 is 9.59 Å². The molecule has 0 spiro atoms. The van der Waals surface area contributed by atoms with Gasteiger partial charge in [-0.2, -0.15) is 0 Å². The van der Waals surface area contributed by atoms with Crippen molar-refractivity contribution in [3.8, 4) is 0 Å². The lowest BCUT2D eigenvalue weighted by molar-refractivity contribution is -0.128. The monoisotopic (exact) mass is 455 g/mol. The molecule has 1 aliphatic rings. The maximum absolute atomic E-state index is 12.8. The van der Waals surface area contributed by atoms with Crippen LogP contribution in [0.25, 0.3) is 0 Å². The van der Waals surface area contributed by atoms with Crippen molar-refractivity contribution in [1.82, 2.24) is 15.1 Å². The number of halogens is 1. The van der Waals surface area contributed by atoms with Gasteiger partial charge in [0.05, 0.1) is 0 Å². The van der Waals surface area contributed by atoms with Crippen LogP contribution >= 0.6 is 11.6 Å². The Kier molecular flexibility index (Phi) is 8.71. The molecule has 0 unspecified atom stereocenters. The van der Waals surface area contributed by atoms with Crippen molar-refractivity contribution in [2.24, 2.45) is 0 Å². The van der Waals surface area contributed by atoms with Crippen molar-refractivity contribution >= 4 is 23.4 Å². The second-order valence-corrected chi connectivity index (χ2v) is 9.32. The Morgan fingerprint density at radius 1 is 0.938 bits per heavy atom. The molecule has 0 aliphatic heterocycles. The van der Waals surface area contributed by atoms with E-state index >= 15 is 0 Å². The van der Waals surface area contributed by atoms with Gasteiger partial charge in [0.2, 0.25) is 5.91 Å². The van der Waals surface area contributed by atoms with Crippen LogP contribution in [0.3, 0.4) is 0 Å². The van der Waals surface area contributed by atoms with E-state index in [2.05, 4.69) is 29.6 Å². The van der Waals surface area contributed by atoms with Crippen LogP contribution in [0.2, 0.25) is 5.02 Å². The Balaban J connectivity index is 1.45. The topological polar surface area (TPSA) is 52.7 Å². The molecule has 3 rings (SSSR count). The number of benzene rings is 2. The van der Waals surface area contributed by atoms with E-state index in [1.54, 1.807) is 43.3 Å². The summed E-state index contributed by atoms with van der Waals surface area (Å²) in [5.74, 6) is 0.753. The Morgan fingerprint density at radius 2 is 1.56 bits per heavy atom. The highest BCUT2D eigenvalue weighted by atomic mass is 35.5. The molecule has 0 aromatic heterocycles. The lowest BCUT2D eigenvalue weighted by atomic mass is 9.81. The Bertz CT molecular complexity index is 888. The van der Waals surface area contributed by atoms with Crippen molar-refractivity contribution in [3.05, 3.63) is 70.2 Å². The van der Waals surface area contributed by atoms with Gasteiger partial charge in [-0.05, 0) is 67.0 Å². The normalized spacial score (nSPS) is 18.2. The minimum Gasteiger partial charge on any atom is -0.349 e. The molecule has 172 valence electrons. The van der Waals surface area contributed by atoms with Gasteiger partial charge >= 0.3 is 0 Å². The molecular weight excluding hydrogens is 422 g/mol. The maximum atomic E-state index is 12.8. The zero-order chi connectivity index (χ0) is 23.1. The molecule has 0 heterocycles. The van der Waals surface area contributed by atoms with E-state index in [1.807, 2.05) is 11.9 Å². The van der Waals surface area contributed by atoms with Gasteiger partial charge in [0, 0.05) is 57.3 Å². The van der Waals surface area contributed by atoms with Crippen molar-refractivity contribution in [2.75, 3.05) is 27.7 Å². The third-order valence-electron chi connectivity index (χ3n) is 6.45. The molecule has 1 fully saturated rings. The molecule has 2 aromatic rings. The van der Waals surface area contributed by atoms with E-state index in [-0.39, 0.29) is 17.9 Å². The SMILES string of the molecule is CN(C)C(=O)CCNCc1ccc(C2CCC(N(C)C(=O)c3ccc(Cl)cc3)CC2)cc1. The predicted molar refractivity (Wildman–Crippen MR) is 130 cm³/mol. The smallest absolute Gasteiger partial charge is 0.253 e. The standard InChI is InChI=1S/C26H34ClN3O2/c1-29(2)25(31)16-17-28-18-19-4-6-20(7-5-19)21-10-14-24(15-11-21)30(3)26(32)22-8-12-23(27)13-9-22/h4-9,12-13,21,24,28H,10-11,14-18H2,1-3H3. The van der Waals surface area contributed by atoms with E-state index in [9.17, 15) is 9.59 Å². The number of nitrogens with one attached hydrogen (secondary N) is 1. The van der Waals surface area contributed by atoms with E-state index in [1.165, 1.54) is 11.1 Å². The van der Waals surface area contributed by atoms with Crippen LogP contribution in [0, 0.1) is 0 Å². The predicted octanol–water partition coefficient (Wildman–Crippen LogP) is 4.71. The first-order valence-electron chi connectivity index (χ1n) is 11.4. The molecule has 6 heteroatoms. The maximum Gasteiger partial charge on any atom is 0.253 e.